The Labute approximate surface area is 214 Å². The van der Waals surface area contributed by atoms with Crippen LogP contribution in [0.25, 0.3) is 0 Å². The second-order valence-electron chi connectivity index (χ2n) is 6.36. The summed E-state index contributed by atoms with van der Waals surface area (Å²) < 4.78 is 5.54. The topological polar surface area (TPSA) is 92.8 Å². The van der Waals surface area contributed by atoms with Crippen LogP contribution in [0.15, 0.2) is 22.7 Å². The SMILES string of the molecule is O=C(COC(=O)CCN1C(=O)c2c(Cl)c(Cl)c(Cl)c(Cl)c2C1=O)Nc1ccc(Br)c(Cl)c1. The molecule has 2 aromatic rings. The van der Waals surface area contributed by atoms with Crippen molar-refractivity contribution in [1.82, 2.24) is 4.90 Å². The van der Waals surface area contributed by atoms with Gasteiger partial charge in [-0.3, -0.25) is 24.1 Å². The Kier molecular flexibility index (Phi) is 7.96. The van der Waals surface area contributed by atoms with E-state index in [9.17, 15) is 19.2 Å². The van der Waals surface area contributed by atoms with Crippen molar-refractivity contribution in [2.45, 2.75) is 6.42 Å². The lowest BCUT2D eigenvalue weighted by Gasteiger charge is -2.13. The van der Waals surface area contributed by atoms with Gasteiger partial charge in [0, 0.05) is 16.7 Å². The Hall–Kier alpha value is -1.55. The molecule has 0 saturated heterocycles. The number of carbonyl (C=O) groups is 4. The molecule has 3 rings (SSSR count). The van der Waals surface area contributed by atoms with Gasteiger partial charge in [0.15, 0.2) is 6.61 Å². The third-order valence-corrected chi connectivity index (χ3v) is 7.33. The zero-order valence-corrected chi connectivity index (χ0v) is 21.0. The Morgan fingerprint density at radius 2 is 1.50 bits per heavy atom. The molecule has 0 saturated carbocycles. The number of fused-ring (bicyclic) bond motifs is 1. The fourth-order valence-electron chi connectivity index (χ4n) is 2.79. The number of esters is 1. The molecule has 2 aromatic carbocycles. The van der Waals surface area contributed by atoms with Gasteiger partial charge >= 0.3 is 5.97 Å². The summed E-state index contributed by atoms with van der Waals surface area (Å²) in [6.45, 7) is -0.894. The molecule has 1 aliphatic rings. The van der Waals surface area contributed by atoms with Gasteiger partial charge in [0.2, 0.25) is 0 Å². The number of benzene rings is 2. The standard InChI is InChI=1S/C19H10BrCl5N2O5/c20-8-2-1-7(5-9(8)21)26-10(28)6-32-11(29)3-4-27-18(30)12-13(19(27)31)15(23)17(25)16(24)14(12)22/h1-2,5H,3-4,6H2,(H,26,28). The van der Waals surface area contributed by atoms with Crippen LogP contribution in [0.2, 0.25) is 25.1 Å². The van der Waals surface area contributed by atoms with Crippen molar-refractivity contribution in [2.75, 3.05) is 18.5 Å². The number of hydrogen-bond donors (Lipinski definition) is 1. The number of nitrogens with one attached hydrogen (secondary N) is 1. The van der Waals surface area contributed by atoms with E-state index in [-0.39, 0.29) is 44.2 Å². The largest absolute Gasteiger partial charge is 0.456 e. The number of halogens is 6. The van der Waals surface area contributed by atoms with E-state index in [1.54, 1.807) is 12.1 Å². The lowest BCUT2D eigenvalue weighted by atomic mass is 10.1. The summed E-state index contributed by atoms with van der Waals surface area (Å²) >= 11 is 33.2. The predicted octanol–water partition coefficient (Wildman–Crippen LogP) is 5.88. The van der Waals surface area contributed by atoms with Crippen molar-refractivity contribution in [2.24, 2.45) is 0 Å². The molecule has 0 aliphatic carbocycles. The summed E-state index contributed by atoms with van der Waals surface area (Å²) in [4.78, 5) is 50.0. The molecular weight excluding hydrogens is 593 g/mol. The first-order valence-electron chi connectivity index (χ1n) is 8.65. The highest BCUT2D eigenvalue weighted by atomic mass is 79.9. The average molecular weight is 603 g/mol. The van der Waals surface area contributed by atoms with Gasteiger partial charge in [-0.2, -0.15) is 0 Å². The number of amides is 3. The van der Waals surface area contributed by atoms with Crippen LogP contribution in [-0.2, 0) is 14.3 Å². The molecule has 32 heavy (non-hydrogen) atoms. The molecule has 0 radical (unpaired) electrons. The molecule has 1 N–H and O–H groups in total. The number of nitrogens with zero attached hydrogens (tertiary/aromatic N) is 1. The minimum atomic E-state index is -0.807. The van der Waals surface area contributed by atoms with Gasteiger partial charge in [0.25, 0.3) is 17.7 Å². The van der Waals surface area contributed by atoms with Crippen molar-refractivity contribution in [3.05, 3.63) is 58.9 Å². The fraction of sp³-hybridized carbons (Fsp3) is 0.158. The van der Waals surface area contributed by atoms with Crippen LogP contribution in [0.1, 0.15) is 27.1 Å². The number of hydrogen-bond acceptors (Lipinski definition) is 5. The van der Waals surface area contributed by atoms with Crippen LogP contribution >= 0.6 is 73.9 Å². The summed E-state index contributed by atoms with van der Waals surface area (Å²) in [5, 5.41) is 2.19. The van der Waals surface area contributed by atoms with Crippen LogP contribution in [0, 0.1) is 0 Å². The normalized spacial score (nSPS) is 12.8. The average Bonchev–Trinajstić information content (AvgIpc) is 3.00. The maximum absolute atomic E-state index is 12.6. The van der Waals surface area contributed by atoms with Gasteiger partial charge in [-0.15, -0.1) is 0 Å². The van der Waals surface area contributed by atoms with Gasteiger partial charge in [-0.25, -0.2) is 0 Å². The molecule has 0 unspecified atom stereocenters. The smallest absolute Gasteiger partial charge is 0.308 e. The van der Waals surface area contributed by atoms with E-state index in [1.165, 1.54) is 6.07 Å². The Bertz CT molecular complexity index is 1130. The fourth-order valence-corrected chi connectivity index (χ4v) is 4.23. The first kappa shape index (κ1) is 25.1. The zero-order valence-electron chi connectivity index (χ0n) is 15.6. The Morgan fingerprint density at radius 3 is 2.03 bits per heavy atom. The van der Waals surface area contributed by atoms with Crippen LogP contribution in [-0.4, -0.2) is 41.7 Å². The lowest BCUT2D eigenvalue weighted by Crippen LogP contribution is -2.32. The summed E-state index contributed by atoms with van der Waals surface area (Å²) in [5.41, 5.74) is 0.0466. The molecule has 0 bridgehead atoms. The monoisotopic (exact) mass is 600 g/mol. The highest BCUT2D eigenvalue weighted by molar-refractivity contribution is 9.10. The third kappa shape index (κ3) is 5.00. The van der Waals surface area contributed by atoms with Gasteiger partial charge in [-0.1, -0.05) is 58.0 Å². The maximum atomic E-state index is 12.6. The number of ether oxygens (including phenoxy) is 1. The molecule has 1 heterocycles. The highest BCUT2D eigenvalue weighted by Gasteiger charge is 2.41. The van der Waals surface area contributed by atoms with Crippen molar-refractivity contribution in [1.29, 1.82) is 0 Å². The lowest BCUT2D eigenvalue weighted by molar-refractivity contribution is -0.147. The van der Waals surface area contributed by atoms with Crippen molar-refractivity contribution in [3.8, 4) is 0 Å². The first-order chi connectivity index (χ1) is 15.0. The van der Waals surface area contributed by atoms with Crippen LogP contribution in [0.3, 0.4) is 0 Å². The van der Waals surface area contributed by atoms with E-state index in [4.69, 9.17) is 62.7 Å². The molecule has 3 amide bonds. The van der Waals surface area contributed by atoms with Crippen LogP contribution < -0.4 is 5.32 Å². The first-order valence-corrected chi connectivity index (χ1v) is 11.3. The van der Waals surface area contributed by atoms with E-state index in [1.807, 2.05) is 0 Å². The second kappa shape index (κ2) is 10.2. The van der Waals surface area contributed by atoms with E-state index in [0.29, 0.717) is 15.2 Å². The predicted molar refractivity (Wildman–Crippen MR) is 125 cm³/mol. The number of anilines is 1. The molecule has 0 fully saturated rings. The van der Waals surface area contributed by atoms with Crippen molar-refractivity contribution < 1.29 is 23.9 Å². The Balaban J connectivity index is 1.57. The molecule has 13 heteroatoms. The number of imide groups is 1. The quantitative estimate of drug-likeness (QED) is 0.193. The van der Waals surface area contributed by atoms with Crippen LogP contribution in [0.4, 0.5) is 5.69 Å². The second-order valence-corrected chi connectivity index (χ2v) is 9.13. The van der Waals surface area contributed by atoms with Crippen LogP contribution in [0.5, 0.6) is 0 Å². The van der Waals surface area contributed by atoms with E-state index in [0.717, 1.165) is 4.90 Å². The summed E-state index contributed by atoms with van der Waals surface area (Å²) in [6, 6.07) is 4.76. The molecule has 168 valence electrons. The third-order valence-electron chi connectivity index (χ3n) is 4.29. The molecule has 0 aromatic heterocycles. The summed E-state index contributed by atoms with van der Waals surface area (Å²) in [6.07, 6.45) is -0.362. The van der Waals surface area contributed by atoms with Crippen molar-refractivity contribution in [3.63, 3.8) is 0 Å². The molecule has 0 atom stereocenters. The van der Waals surface area contributed by atoms with Gasteiger partial charge in [0.1, 0.15) is 0 Å². The van der Waals surface area contributed by atoms with E-state index in [2.05, 4.69) is 21.2 Å². The zero-order chi connectivity index (χ0) is 23.7. The van der Waals surface area contributed by atoms with Gasteiger partial charge in [-0.05, 0) is 34.1 Å². The molecular formula is C19H10BrCl5N2O5. The minimum Gasteiger partial charge on any atom is -0.456 e. The molecule has 1 aliphatic heterocycles. The minimum absolute atomic E-state index is 0.155. The van der Waals surface area contributed by atoms with E-state index >= 15 is 0 Å². The van der Waals surface area contributed by atoms with Gasteiger partial charge in [0.05, 0.1) is 42.7 Å². The maximum Gasteiger partial charge on any atom is 0.308 e. The molecule has 7 nitrogen and oxygen atoms in total. The van der Waals surface area contributed by atoms with E-state index < -0.39 is 30.3 Å². The summed E-state index contributed by atoms with van der Waals surface area (Å²) in [7, 11) is 0. The number of rotatable bonds is 6. The Morgan fingerprint density at radius 1 is 0.938 bits per heavy atom. The van der Waals surface area contributed by atoms with Gasteiger partial charge < -0.3 is 10.1 Å². The summed E-state index contributed by atoms with van der Waals surface area (Å²) in [5.74, 6) is -2.94. The number of carbonyl (C=O) groups excluding carboxylic acids is 4. The van der Waals surface area contributed by atoms with Crippen molar-refractivity contribution >= 4 is 103 Å². The highest BCUT2D eigenvalue weighted by Crippen LogP contribution is 2.44. The molecule has 0 spiro atoms.